The summed E-state index contributed by atoms with van der Waals surface area (Å²) in [6.45, 7) is 4.76. The van der Waals surface area contributed by atoms with Crippen LogP contribution >= 0.6 is 0 Å². The highest BCUT2D eigenvalue weighted by molar-refractivity contribution is 5.81. The van der Waals surface area contributed by atoms with Crippen molar-refractivity contribution in [3.05, 3.63) is 0 Å². The number of carbonyl (C=O) groups is 1. The molecule has 0 aromatic rings. The third-order valence-corrected chi connectivity index (χ3v) is 4.63. The van der Waals surface area contributed by atoms with Gasteiger partial charge in [0.05, 0.1) is 6.04 Å². The second-order valence-corrected chi connectivity index (χ2v) is 6.04. The Morgan fingerprint density at radius 1 is 1.20 bits per heavy atom. The van der Waals surface area contributed by atoms with E-state index < -0.39 is 6.04 Å². The van der Waals surface area contributed by atoms with Gasteiger partial charge in [-0.1, -0.05) is 6.42 Å². The summed E-state index contributed by atoms with van der Waals surface area (Å²) in [5.41, 5.74) is 5.93. The van der Waals surface area contributed by atoms with Gasteiger partial charge in [0, 0.05) is 32.8 Å². The molecule has 0 aliphatic carbocycles. The van der Waals surface area contributed by atoms with E-state index in [0.29, 0.717) is 19.1 Å². The Kier molecular flexibility index (Phi) is 6.26. The molecule has 20 heavy (non-hydrogen) atoms. The standard InChI is InChI=1S/C15H29N3O2/c1-20-12-7-14(16)15(19)18-10-5-13(6-11-18)17-8-3-2-4-9-17/h13-14H,2-12,16H2,1H3. The third kappa shape index (κ3) is 4.17. The molecule has 5 heteroatoms. The molecule has 0 aromatic heterocycles. The predicted molar refractivity (Wildman–Crippen MR) is 79.5 cm³/mol. The number of carbonyl (C=O) groups excluding carboxylic acids is 1. The third-order valence-electron chi connectivity index (χ3n) is 4.63. The van der Waals surface area contributed by atoms with Gasteiger partial charge in [0.15, 0.2) is 0 Å². The first-order valence-electron chi connectivity index (χ1n) is 7.99. The zero-order chi connectivity index (χ0) is 14.4. The summed E-state index contributed by atoms with van der Waals surface area (Å²) in [5, 5.41) is 0. The van der Waals surface area contributed by atoms with Crippen molar-refractivity contribution >= 4 is 5.91 Å². The average molecular weight is 283 g/mol. The average Bonchev–Trinajstić information content (AvgIpc) is 2.53. The lowest BCUT2D eigenvalue weighted by Crippen LogP contribution is -2.51. The number of ether oxygens (including phenoxy) is 1. The first-order valence-corrected chi connectivity index (χ1v) is 7.99. The van der Waals surface area contributed by atoms with Crippen LogP contribution in [0.3, 0.4) is 0 Å². The Morgan fingerprint density at radius 2 is 1.85 bits per heavy atom. The number of hydrogen-bond donors (Lipinski definition) is 1. The van der Waals surface area contributed by atoms with Crippen molar-refractivity contribution in [2.45, 2.75) is 50.6 Å². The van der Waals surface area contributed by atoms with Gasteiger partial charge in [-0.2, -0.15) is 0 Å². The molecular formula is C15H29N3O2. The fourth-order valence-corrected chi connectivity index (χ4v) is 3.34. The minimum atomic E-state index is -0.401. The topological polar surface area (TPSA) is 58.8 Å². The van der Waals surface area contributed by atoms with E-state index in [1.54, 1.807) is 7.11 Å². The van der Waals surface area contributed by atoms with E-state index in [1.807, 2.05) is 4.90 Å². The molecule has 0 radical (unpaired) electrons. The van der Waals surface area contributed by atoms with E-state index in [9.17, 15) is 4.79 Å². The quantitative estimate of drug-likeness (QED) is 0.812. The molecule has 2 aliphatic rings. The van der Waals surface area contributed by atoms with Crippen LogP contribution in [-0.4, -0.2) is 67.7 Å². The Labute approximate surface area is 122 Å². The lowest BCUT2D eigenvalue weighted by molar-refractivity contribution is -0.134. The number of nitrogens with two attached hydrogens (primary N) is 1. The second kappa shape index (κ2) is 7.96. The summed E-state index contributed by atoms with van der Waals surface area (Å²) < 4.78 is 4.99. The van der Waals surface area contributed by atoms with Crippen LogP contribution in [0.2, 0.25) is 0 Å². The fourth-order valence-electron chi connectivity index (χ4n) is 3.34. The van der Waals surface area contributed by atoms with Crippen molar-refractivity contribution in [3.8, 4) is 0 Å². The number of hydrogen-bond acceptors (Lipinski definition) is 4. The molecular weight excluding hydrogens is 254 g/mol. The van der Waals surface area contributed by atoms with Crippen molar-refractivity contribution in [1.29, 1.82) is 0 Å². The minimum absolute atomic E-state index is 0.0964. The summed E-state index contributed by atoms with van der Waals surface area (Å²) in [4.78, 5) is 16.8. The molecule has 0 aromatic carbocycles. The summed E-state index contributed by atoms with van der Waals surface area (Å²) in [6, 6.07) is 0.274. The Morgan fingerprint density at radius 3 is 2.45 bits per heavy atom. The molecule has 1 amide bonds. The molecule has 116 valence electrons. The van der Waals surface area contributed by atoms with Crippen LogP contribution in [0.4, 0.5) is 0 Å². The van der Waals surface area contributed by atoms with E-state index in [4.69, 9.17) is 10.5 Å². The molecule has 5 nitrogen and oxygen atoms in total. The zero-order valence-electron chi connectivity index (χ0n) is 12.7. The van der Waals surface area contributed by atoms with Gasteiger partial charge in [-0.05, 0) is 45.2 Å². The van der Waals surface area contributed by atoms with Gasteiger partial charge < -0.3 is 20.3 Å². The zero-order valence-corrected chi connectivity index (χ0v) is 12.7. The predicted octanol–water partition coefficient (Wildman–Crippen LogP) is 0.827. The summed E-state index contributed by atoms with van der Waals surface area (Å²) >= 11 is 0. The summed E-state index contributed by atoms with van der Waals surface area (Å²) in [7, 11) is 1.64. The Bertz CT molecular complexity index is 297. The van der Waals surface area contributed by atoms with Crippen LogP contribution in [0.25, 0.3) is 0 Å². The lowest BCUT2D eigenvalue weighted by Gasteiger charge is -2.40. The van der Waals surface area contributed by atoms with Crippen molar-refractivity contribution < 1.29 is 9.53 Å². The first-order chi connectivity index (χ1) is 9.72. The number of likely N-dealkylation sites (tertiary alicyclic amines) is 2. The molecule has 2 saturated heterocycles. The Balaban J connectivity index is 1.74. The number of amides is 1. The molecule has 1 atom stereocenters. The number of rotatable bonds is 5. The van der Waals surface area contributed by atoms with Gasteiger partial charge in [-0.3, -0.25) is 4.79 Å². The maximum absolute atomic E-state index is 12.2. The molecule has 2 heterocycles. The number of piperidine rings is 2. The monoisotopic (exact) mass is 283 g/mol. The molecule has 2 rings (SSSR count). The van der Waals surface area contributed by atoms with E-state index in [2.05, 4.69) is 4.90 Å². The van der Waals surface area contributed by atoms with Gasteiger partial charge in [0.25, 0.3) is 0 Å². The highest BCUT2D eigenvalue weighted by Crippen LogP contribution is 2.21. The van der Waals surface area contributed by atoms with Gasteiger partial charge in [0.2, 0.25) is 5.91 Å². The van der Waals surface area contributed by atoms with Crippen molar-refractivity contribution in [1.82, 2.24) is 9.80 Å². The van der Waals surface area contributed by atoms with Crippen molar-refractivity contribution in [2.24, 2.45) is 5.73 Å². The normalized spacial score (nSPS) is 23.8. The molecule has 2 N–H and O–H groups in total. The van der Waals surface area contributed by atoms with Crippen LogP contribution in [0.1, 0.15) is 38.5 Å². The van der Waals surface area contributed by atoms with Crippen LogP contribution in [0.5, 0.6) is 0 Å². The number of nitrogens with zero attached hydrogens (tertiary/aromatic N) is 2. The van der Waals surface area contributed by atoms with Crippen LogP contribution in [0.15, 0.2) is 0 Å². The molecule has 1 unspecified atom stereocenters. The molecule has 0 spiro atoms. The second-order valence-electron chi connectivity index (χ2n) is 6.04. The first kappa shape index (κ1) is 15.7. The van der Waals surface area contributed by atoms with Gasteiger partial charge in [0.1, 0.15) is 0 Å². The largest absolute Gasteiger partial charge is 0.385 e. The fraction of sp³-hybridized carbons (Fsp3) is 0.933. The highest BCUT2D eigenvalue weighted by atomic mass is 16.5. The SMILES string of the molecule is COCCC(N)C(=O)N1CCC(N2CCCCC2)CC1. The maximum atomic E-state index is 12.2. The van der Waals surface area contributed by atoms with Crippen LogP contribution in [0, 0.1) is 0 Å². The van der Waals surface area contributed by atoms with Crippen molar-refractivity contribution in [2.75, 3.05) is 39.9 Å². The molecule has 0 saturated carbocycles. The van der Waals surface area contributed by atoms with Crippen LogP contribution in [-0.2, 0) is 9.53 Å². The lowest BCUT2D eigenvalue weighted by atomic mass is 9.99. The molecule has 2 aliphatic heterocycles. The van der Waals surface area contributed by atoms with Gasteiger partial charge in [-0.25, -0.2) is 0 Å². The summed E-state index contributed by atoms with van der Waals surface area (Å²) in [5.74, 6) is 0.0964. The van der Waals surface area contributed by atoms with E-state index in [1.165, 1.54) is 32.4 Å². The highest BCUT2D eigenvalue weighted by Gasteiger charge is 2.29. The number of methoxy groups -OCH3 is 1. The smallest absolute Gasteiger partial charge is 0.239 e. The molecule has 2 fully saturated rings. The molecule has 0 bridgehead atoms. The Hall–Kier alpha value is -0.650. The van der Waals surface area contributed by atoms with Crippen LogP contribution < -0.4 is 5.73 Å². The van der Waals surface area contributed by atoms with E-state index in [0.717, 1.165) is 25.9 Å². The van der Waals surface area contributed by atoms with Crippen molar-refractivity contribution in [3.63, 3.8) is 0 Å². The van der Waals surface area contributed by atoms with E-state index in [-0.39, 0.29) is 5.91 Å². The maximum Gasteiger partial charge on any atom is 0.239 e. The summed E-state index contributed by atoms with van der Waals surface area (Å²) in [6.07, 6.45) is 6.86. The van der Waals surface area contributed by atoms with Gasteiger partial charge >= 0.3 is 0 Å². The van der Waals surface area contributed by atoms with Gasteiger partial charge in [-0.15, -0.1) is 0 Å². The van der Waals surface area contributed by atoms with E-state index >= 15 is 0 Å². The minimum Gasteiger partial charge on any atom is -0.385 e.